The van der Waals surface area contributed by atoms with Gasteiger partial charge >= 0.3 is 0 Å². The van der Waals surface area contributed by atoms with Gasteiger partial charge < -0.3 is 10.2 Å². The summed E-state index contributed by atoms with van der Waals surface area (Å²) >= 11 is 5.89. The summed E-state index contributed by atoms with van der Waals surface area (Å²) in [5.74, 6) is 0.194. The lowest BCUT2D eigenvalue weighted by molar-refractivity contribution is -0.132. The van der Waals surface area contributed by atoms with E-state index in [1.807, 2.05) is 29.2 Å². The van der Waals surface area contributed by atoms with Gasteiger partial charge in [-0.2, -0.15) is 0 Å². The summed E-state index contributed by atoms with van der Waals surface area (Å²) in [6.07, 6.45) is 4.12. The van der Waals surface area contributed by atoms with Gasteiger partial charge in [-0.1, -0.05) is 30.2 Å². The van der Waals surface area contributed by atoms with Crippen molar-refractivity contribution in [2.24, 2.45) is 0 Å². The molecule has 0 bridgehead atoms. The van der Waals surface area contributed by atoms with Gasteiger partial charge in [0.2, 0.25) is 5.91 Å². The molecule has 1 aliphatic heterocycles. The molecule has 1 fully saturated rings. The molecule has 1 atom stereocenters. The van der Waals surface area contributed by atoms with E-state index in [1.165, 1.54) is 12.8 Å². The maximum Gasteiger partial charge on any atom is 0.227 e. The zero-order valence-corrected chi connectivity index (χ0v) is 13.7. The van der Waals surface area contributed by atoms with Gasteiger partial charge in [-0.15, -0.1) is 0 Å². The van der Waals surface area contributed by atoms with Crippen LogP contribution in [0.25, 0.3) is 0 Å². The second-order valence-corrected chi connectivity index (χ2v) is 6.53. The van der Waals surface area contributed by atoms with Crippen molar-refractivity contribution in [1.29, 1.82) is 0 Å². The van der Waals surface area contributed by atoms with E-state index in [4.69, 9.17) is 11.6 Å². The molecule has 2 rings (SSSR count). The third-order valence-corrected chi connectivity index (χ3v) is 4.29. The fraction of sp³-hybridized carbons (Fsp3) is 0.588. The van der Waals surface area contributed by atoms with Crippen LogP contribution in [0.3, 0.4) is 0 Å². The minimum Gasteiger partial charge on any atom is -0.338 e. The van der Waals surface area contributed by atoms with Crippen LogP contribution in [-0.2, 0) is 11.2 Å². The van der Waals surface area contributed by atoms with Gasteiger partial charge in [-0.25, -0.2) is 0 Å². The molecule has 4 heteroatoms. The van der Waals surface area contributed by atoms with E-state index in [9.17, 15) is 4.79 Å². The molecule has 1 N–H and O–H groups in total. The summed E-state index contributed by atoms with van der Waals surface area (Å²) < 4.78 is 0. The van der Waals surface area contributed by atoms with E-state index < -0.39 is 0 Å². The molecular weight excluding hydrogens is 284 g/mol. The Morgan fingerprint density at radius 2 is 2.05 bits per heavy atom. The Balaban J connectivity index is 1.96. The Morgan fingerprint density at radius 3 is 2.62 bits per heavy atom. The van der Waals surface area contributed by atoms with E-state index in [1.54, 1.807) is 0 Å². The van der Waals surface area contributed by atoms with Crippen LogP contribution in [0.5, 0.6) is 0 Å². The number of hydrogen-bond acceptors (Lipinski definition) is 2. The van der Waals surface area contributed by atoms with Crippen molar-refractivity contribution >= 4 is 17.5 Å². The van der Waals surface area contributed by atoms with Crippen LogP contribution in [0.2, 0.25) is 5.02 Å². The summed E-state index contributed by atoms with van der Waals surface area (Å²) in [7, 11) is 0. The van der Waals surface area contributed by atoms with Crippen molar-refractivity contribution in [2.45, 2.75) is 51.6 Å². The van der Waals surface area contributed by atoms with Gasteiger partial charge in [0.25, 0.3) is 0 Å². The summed E-state index contributed by atoms with van der Waals surface area (Å²) in [4.78, 5) is 14.6. The molecule has 0 saturated carbocycles. The molecule has 1 heterocycles. The van der Waals surface area contributed by atoms with Crippen molar-refractivity contribution in [2.75, 3.05) is 13.1 Å². The number of piperidine rings is 1. The van der Waals surface area contributed by atoms with Gasteiger partial charge in [0.05, 0.1) is 6.42 Å². The van der Waals surface area contributed by atoms with Gasteiger partial charge in [-0.05, 0) is 50.9 Å². The van der Waals surface area contributed by atoms with Crippen molar-refractivity contribution in [3.8, 4) is 0 Å². The smallest absolute Gasteiger partial charge is 0.227 e. The van der Waals surface area contributed by atoms with Crippen LogP contribution >= 0.6 is 11.6 Å². The number of halogens is 1. The topological polar surface area (TPSA) is 32.3 Å². The molecule has 0 radical (unpaired) electrons. The number of amides is 1. The molecule has 1 unspecified atom stereocenters. The molecular formula is C17H25ClN2O. The Bertz CT molecular complexity index is 452. The minimum atomic E-state index is 0.194. The fourth-order valence-corrected chi connectivity index (χ4v) is 2.92. The molecule has 116 valence electrons. The number of carbonyl (C=O) groups excluding carboxylic acids is 1. The van der Waals surface area contributed by atoms with Crippen molar-refractivity contribution < 1.29 is 4.79 Å². The number of nitrogens with one attached hydrogen (secondary N) is 1. The summed E-state index contributed by atoms with van der Waals surface area (Å²) in [6.45, 7) is 6.05. The van der Waals surface area contributed by atoms with Gasteiger partial charge in [0.1, 0.15) is 0 Å². The zero-order chi connectivity index (χ0) is 15.2. The van der Waals surface area contributed by atoms with Crippen LogP contribution in [-0.4, -0.2) is 36.0 Å². The van der Waals surface area contributed by atoms with E-state index in [0.717, 1.165) is 25.1 Å². The van der Waals surface area contributed by atoms with E-state index in [0.29, 0.717) is 17.5 Å². The summed E-state index contributed by atoms with van der Waals surface area (Å²) in [6, 6.07) is 8.21. The first-order chi connectivity index (χ1) is 10.1. The quantitative estimate of drug-likeness (QED) is 0.905. The fourth-order valence-electron chi connectivity index (χ4n) is 2.80. The third-order valence-electron chi connectivity index (χ3n) is 4.04. The Labute approximate surface area is 132 Å². The maximum absolute atomic E-state index is 12.6. The highest BCUT2D eigenvalue weighted by atomic mass is 35.5. The molecule has 1 saturated heterocycles. The van der Waals surface area contributed by atoms with Crippen LogP contribution < -0.4 is 5.32 Å². The van der Waals surface area contributed by atoms with Crippen LogP contribution in [0.4, 0.5) is 0 Å². The second-order valence-electron chi connectivity index (χ2n) is 6.09. The highest BCUT2D eigenvalue weighted by Crippen LogP contribution is 2.14. The molecule has 0 aliphatic carbocycles. The van der Waals surface area contributed by atoms with Gasteiger partial charge in [0, 0.05) is 23.7 Å². The number of hydrogen-bond donors (Lipinski definition) is 1. The molecule has 0 aromatic heterocycles. The monoisotopic (exact) mass is 308 g/mol. The van der Waals surface area contributed by atoms with E-state index >= 15 is 0 Å². The Hall–Kier alpha value is -1.06. The van der Waals surface area contributed by atoms with E-state index in [2.05, 4.69) is 19.2 Å². The van der Waals surface area contributed by atoms with Crippen LogP contribution in [0.15, 0.2) is 24.3 Å². The standard InChI is InChI=1S/C17H25ClN2O/c1-13(2)20(12-16-5-3-4-10-19-16)17(21)11-14-6-8-15(18)9-7-14/h6-9,13,16,19H,3-5,10-12H2,1-2H3. The molecule has 1 aromatic rings. The first-order valence-electron chi connectivity index (χ1n) is 7.83. The van der Waals surface area contributed by atoms with E-state index in [-0.39, 0.29) is 11.9 Å². The first-order valence-corrected chi connectivity index (χ1v) is 8.21. The molecule has 1 aliphatic rings. The molecule has 1 amide bonds. The lowest BCUT2D eigenvalue weighted by Crippen LogP contribution is -2.48. The van der Waals surface area contributed by atoms with Crippen LogP contribution in [0, 0.1) is 0 Å². The number of rotatable bonds is 5. The number of benzene rings is 1. The van der Waals surface area contributed by atoms with Crippen LogP contribution in [0.1, 0.15) is 38.7 Å². The first kappa shape index (κ1) is 16.3. The summed E-state index contributed by atoms with van der Waals surface area (Å²) in [5.41, 5.74) is 1.02. The second kappa shape index (κ2) is 7.81. The lowest BCUT2D eigenvalue weighted by Gasteiger charge is -2.33. The zero-order valence-electron chi connectivity index (χ0n) is 12.9. The number of nitrogens with zero attached hydrogens (tertiary/aromatic N) is 1. The predicted molar refractivity (Wildman–Crippen MR) is 87.6 cm³/mol. The SMILES string of the molecule is CC(C)N(CC1CCCCN1)C(=O)Cc1ccc(Cl)cc1. The normalized spacial score (nSPS) is 18.8. The van der Waals surface area contributed by atoms with Gasteiger partial charge in [0.15, 0.2) is 0 Å². The summed E-state index contributed by atoms with van der Waals surface area (Å²) in [5, 5.41) is 4.23. The maximum atomic E-state index is 12.6. The highest BCUT2D eigenvalue weighted by molar-refractivity contribution is 6.30. The molecule has 1 aromatic carbocycles. The largest absolute Gasteiger partial charge is 0.338 e. The average molecular weight is 309 g/mol. The highest BCUT2D eigenvalue weighted by Gasteiger charge is 2.22. The van der Waals surface area contributed by atoms with Crippen molar-refractivity contribution in [3.63, 3.8) is 0 Å². The Morgan fingerprint density at radius 1 is 1.33 bits per heavy atom. The molecule has 21 heavy (non-hydrogen) atoms. The third kappa shape index (κ3) is 5.01. The average Bonchev–Trinajstić information content (AvgIpc) is 2.48. The Kier molecular flexibility index (Phi) is 6.07. The number of carbonyl (C=O) groups is 1. The van der Waals surface area contributed by atoms with Crippen molar-refractivity contribution in [1.82, 2.24) is 10.2 Å². The minimum absolute atomic E-state index is 0.194. The molecule has 0 spiro atoms. The molecule has 3 nitrogen and oxygen atoms in total. The predicted octanol–water partition coefficient (Wildman–Crippen LogP) is 3.26. The lowest BCUT2D eigenvalue weighted by atomic mass is 10.0. The van der Waals surface area contributed by atoms with Crippen molar-refractivity contribution in [3.05, 3.63) is 34.9 Å². The van der Waals surface area contributed by atoms with Gasteiger partial charge in [-0.3, -0.25) is 4.79 Å².